The Kier molecular flexibility index (Phi) is 26.5. The van der Waals surface area contributed by atoms with Gasteiger partial charge in [-0.1, -0.05) is 0 Å². The van der Waals surface area contributed by atoms with Crippen molar-refractivity contribution in [2.24, 2.45) is 0 Å². The summed E-state index contributed by atoms with van der Waals surface area (Å²) in [6.07, 6.45) is 0. The van der Waals surface area contributed by atoms with Crippen LogP contribution in [-0.2, 0) is 0 Å². The van der Waals surface area contributed by atoms with Crippen LogP contribution < -0.4 is 5.32 Å². The third-order valence-corrected chi connectivity index (χ3v) is 0. The predicted molar refractivity (Wildman–Crippen MR) is 19.5 cm³/mol. The molecule has 0 saturated heterocycles. The van der Waals surface area contributed by atoms with E-state index in [1.165, 1.54) is 0 Å². The average Bonchev–Trinajstić information content (AvgIpc) is 0.918. The van der Waals surface area contributed by atoms with Crippen molar-refractivity contribution in [3.63, 3.8) is 0 Å². The van der Waals surface area contributed by atoms with E-state index in [1.54, 1.807) is 0 Å². The minimum Gasteiger partial charge on any atom is -0.351 e. The van der Waals surface area contributed by atoms with E-state index in [2.05, 4.69) is 0 Å². The highest BCUT2D eigenvalue weighted by molar-refractivity contribution is 5.75. The Morgan fingerprint density at radius 3 is 1.25 bits per heavy atom. The maximum atomic E-state index is 2.00. The summed E-state index contributed by atoms with van der Waals surface area (Å²) in [4.78, 5) is 0. The molecule has 0 atom stereocenters. The summed E-state index contributed by atoms with van der Waals surface area (Å²) in [5.74, 6) is 0. The predicted octanol–water partition coefficient (Wildman–Crippen LogP) is -1.57. The van der Waals surface area contributed by atoms with Crippen LogP contribution in [0, 0.1) is 0 Å². The zero-order valence-corrected chi connectivity index (χ0v) is 3.15. The van der Waals surface area contributed by atoms with E-state index >= 15 is 0 Å². The van der Waals surface area contributed by atoms with E-state index in [-0.39, 0.29) is 8.41 Å². The van der Waals surface area contributed by atoms with Gasteiger partial charge in [-0.15, -0.1) is 0 Å². The van der Waals surface area contributed by atoms with Crippen molar-refractivity contribution >= 4 is 8.41 Å². The van der Waals surface area contributed by atoms with Crippen molar-refractivity contribution in [2.75, 3.05) is 14.1 Å². The number of quaternary nitrogens is 1. The second-order valence-electron chi connectivity index (χ2n) is 0.577. The van der Waals surface area contributed by atoms with Gasteiger partial charge in [-0.25, -0.2) is 0 Å². The van der Waals surface area contributed by atoms with E-state index in [0.29, 0.717) is 0 Å². The van der Waals surface area contributed by atoms with Gasteiger partial charge in [-0.05, 0) is 0 Å². The molecule has 2 heteroatoms. The van der Waals surface area contributed by atoms with Crippen LogP contribution in [0.3, 0.4) is 0 Å². The molecular weight excluding hydrogens is 48.8 g/mol. The monoisotopic (exact) mass is 57.1 g/mol. The summed E-state index contributed by atoms with van der Waals surface area (Å²) >= 11 is 0. The Labute approximate surface area is 29.0 Å². The molecule has 0 aliphatic carbocycles. The Bertz CT molecular complexity index is 6.00. The van der Waals surface area contributed by atoms with Crippen LogP contribution >= 0.6 is 0 Å². The van der Waals surface area contributed by atoms with Gasteiger partial charge in [0.05, 0.1) is 14.1 Å². The van der Waals surface area contributed by atoms with E-state index in [0.717, 1.165) is 0 Å². The second-order valence-corrected chi connectivity index (χ2v) is 0.577. The SMILES string of the molecule is C[NH2+]C.[B]. The summed E-state index contributed by atoms with van der Waals surface area (Å²) in [5.41, 5.74) is 0. The van der Waals surface area contributed by atoms with Gasteiger partial charge in [0, 0.05) is 8.41 Å². The fraction of sp³-hybridized carbons (Fsp3) is 1.00. The standard InChI is InChI=1S/C2H7N.B/c1-3-2;/h3H,1-2H3;/p+1. The third-order valence-electron chi connectivity index (χ3n) is 0. The van der Waals surface area contributed by atoms with E-state index in [1.807, 2.05) is 19.4 Å². The van der Waals surface area contributed by atoms with E-state index in [4.69, 9.17) is 0 Å². The minimum atomic E-state index is 0. The van der Waals surface area contributed by atoms with Gasteiger partial charge in [-0.2, -0.15) is 0 Å². The van der Waals surface area contributed by atoms with Gasteiger partial charge in [0.15, 0.2) is 0 Å². The molecule has 0 spiro atoms. The van der Waals surface area contributed by atoms with Gasteiger partial charge in [0.1, 0.15) is 0 Å². The number of hydrogen-bond acceptors (Lipinski definition) is 0. The molecule has 0 rings (SSSR count). The second kappa shape index (κ2) is 11.8. The van der Waals surface area contributed by atoms with Gasteiger partial charge in [-0.3, -0.25) is 0 Å². The van der Waals surface area contributed by atoms with Crippen molar-refractivity contribution in [3.8, 4) is 0 Å². The number of rotatable bonds is 0. The van der Waals surface area contributed by atoms with Gasteiger partial charge in [0.25, 0.3) is 0 Å². The minimum absolute atomic E-state index is 0. The first-order valence-corrected chi connectivity index (χ1v) is 1.15. The summed E-state index contributed by atoms with van der Waals surface area (Å²) in [6, 6.07) is 0. The first-order valence-electron chi connectivity index (χ1n) is 1.15. The normalized spacial score (nSPS) is 4.50. The Hall–Kier alpha value is 0.0249. The van der Waals surface area contributed by atoms with Crippen LogP contribution in [0.2, 0.25) is 0 Å². The van der Waals surface area contributed by atoms with Crippen molar-refractivity contribution in [1.29, 1.82) is 0 Å². The Morgan fingerprint density at radius 1 is 1.25 bits per heavy atom. The van der Waals surface area contributed by atoms with Gasteiger partial charge < -0.3 is 5.32 Å². The summed E-state index contributed by atoms with van der Waals surface area (Å²) < 4.78 is 0. The van der Waals surface area contributed by atoms with E-state index in [9.17, 15) is 0 Å². The topological polar surface area (TPSA) is 16.6 Å². The lowest BCUT2D eigenvalue weighted by atomic mass is 10.8. The molecule has 0 unspecified atom stereocenters. The molecule has 0 heterocycles. The molecular formula is C2H8BN+. The Balaban J connectivity index is 0. The molecule has 4 heavy (non-hydrogen) atoms. The molecule has 0 aromatic heterocycles. The van der Waals surface area contributed by atoms with Crippen molar-refractivity contribution in [1.82, 2.24) is 0 Å². The molecule has 0 saturated carbocycles. The quantitative estimate of drug-likeness (QED) is 0.323. The molecule has 0 amide bonds. The first-order chi connectivity index (χ1) is 1.41. The molecule has 0 fully saturated rings. The highest BCUT2D eigenvalue weighted by Gasteiger charge is 1.29. The molecule has 0 aliphatic rings. The van der Waals surface area contributed by atoms with Crippen LogP contribution in [0.5, 0.6) is 0 Å². The van der Waals surface area contributed by atoms with Crippen molar-refractivity contribution < 1.29 is 5.32 Å². The van der Waals surface area contributed by atoms with Gasteiger partial charge in [0.2, 0.25) is 0 Å². The molecule has 1 nitrogen and oxygen atoms in total. The van der Waals surface area contributed by atoms with E-state index < -0.39 is 0 Å². The van der Waals surface area contributed by atoms with Crippen LogP contribution in [-0.4, -0.2) is 22.5 Å². The fourth-order valence-electron chi connectivity index (χ4n) is 0. The highest BCUT2D eigenvalue weighted by Crippen LogP contribution is 0.586. The highest BCUT2D eigenvalue weighted by atomic mass is 14.7. The maximum Gasteiger partial charge on any atom is 0.0647 e. The lowest BCUT2D eigenvalue weighted by Gasteiger charge is -1.57. The largest absolute Gasteiger partial charge is 0.351 e. The zero-order chi connectivity index (χ0) is 2.71. The first kappa shape index (κ1) is 8.98. The van der Waals surface area contributed by atoms with Crippen LogP contribution in [0.15, 0.2) is 0 Å². The summed E-state index contributed by atoms with van der Waals surface area (Å²) in [7, 11) is 4.00. The fourth-order valence-corrected chi connectivity index (χ4v) is 0. The van der Waals surface area contributed by atoms with Crippen molar-refractivity contribution in [2.45, 2.75) is 0 Å². The molecule has 0 aromatic rings. The number of nitrogens with two attached hydrogens (primary N) is 1. The van der Waals surface area contributed by atoms with Gasteiger partial charge >= 0.3 is 0 Å². The molecule has 23 valence electrons. The molecule has 0 aromatic carbocycles. The molecule has 2 N–H and O–H groups in total. The maximum absolute atomic E-state index is 2.00. The van der Waals surface area contributed by atoms with Crippen LogP contribution in [0.25, 0.3) is 0 Å². The van der Waals surface area contributed by atoms with Crippen LogP contribution in [0.1, 0.15) is 0 Å². The summed E-state index contributed by atoms with van der Waals surface area (Å²) in [6.45, 7) is 0. The number of hydrogen-bond donors (Lipinski definition) is 1. The lowest BCUT2D eigenvalue weighted by molar-refractivity contribution is -0.597. The lowest BCUT2D eigenvalue weighted by Crippen LogP contribution is -2.74. The molecule has 0 bridgehead atoms. The third kappa shape index (κ3) is 3420. The van der Waals surface area contributed by atoms with Crippen LogP contribution in [0.4, 0.5) is 0 Å². The molecule has 0 aliphatic heterocycles. The van der Waals surface area contributed by atoms with Crippen molar-refractivity contribution in [3.05, 3.63) is 0 Å². The summed E-state index contributed by atoms with van der Waals surface area (Å²) in [5, 5.41) is 2.00. The zero-order valence-electron chi connectivity index (χ0n) is 3.15. The Morgan fingerprint density at radius 2 is 1.25 bits per heavy atom. The molecule has 3 radical (unpaired) electrons. The average molecular weight is 56.9 g/mol. The smallest absolute Gasteiger partial charge is 0.0647 e.